The molecule has 0 amide bonds. The summed E-state index contributed by atoms with van der Waals surface area (Å²) in [6, 6.07) is 5.63. The summed E-state index contributed by atoms with van der Waals surface area (Å²) in [4.78, 5) is 4.40. The molecule has 2 rings (SSSR count). The predicted molar refractivity (Wildman–Crippen MR) is 66.4 cm³/mol. The van der Waals surface area contributed by atoms with Gasteiger partial charge in [0.2, 0.25) is 0 Å². The Kier molecular flexibility index (Phi) is 3.07. The van der Waals surface area contributed by atoms with Crippen LogP contribution in [0.2, 0.25) is 0 Å². The van der Waals surface area contributed by atoms with E-state index >= 15 is 0 Å². The van der Waals surface area contributed by atoms with Gasteiger partial charge in [0.1, 0.15) is 10.8 Å². The highest BCUT2D eigenvalue weighted by atomic mass is 32.1. The average Bonchev–Trinajstić information content (AvgIpc) is 2.78. The molecule has 0 aliphatic carbocycles. The summed E-state index contributed by atoms with van der Waals surface area (Å²) in [5.74, 6) is 0.669. The first-order valence-electron chi connectivity index (χ1n) is 4.83. The minimum absolute atomic E-state index is 0.461. The van der Waals surface area contributed by atoms with Gasteiger partial charge in [-0.15, -0.1) is 11.3 Å². The molecule has 0 radical (unpaired) electrons. The maximum atomic E-state index is 5.75. The Hall–Kier alpha value is -1.59. The molecular formula is C11H13N3OS. The Morgan fingerprint density at radius 3 is 2.88 bits per heavy atom. The van der Waals surface area contributed by atoms with Gasteiger partial charge in [-0.05, 0) is 18.2 Å². The van der Waals surface area contributed by atoms with Gasteiger partial charge in [-0.25, -0.2) is 4.98 Å². The lowest BCUT2D eigenvalue weighted by atomic mass is 10.2. The third-order valence-corrected chi connectivity index (χ3v) is 3.18. The van der Waals surface area contributed by atoms with Crippen LogP contribution in [0.1, 0.15) is 5.69 Å². The number of thiazole rings is 1. The molecular weight excluding hydrogens is 222 g/mol. The third-order valence-electron chi connectivity index (χ3n) is 2.24. The molecule has 0 saturated carbocycles. The number of nitrogens with two attached hydrogens (primary N) is 2. The summed E-state index contributed by atoms with van der Waals surface area (Å²) in [5, 5.41) is 2.89. The first-order chi connectivity index (χ1) is 7.74. The number of rotatable bonds is 3. The lowest BCUT2D eigenvalue weighted by Crippen LogP contribution is -1.96. The van der Waals surface area contributed by atoms with Gasteiger partial charge in [0.15, 0.2) is 0 Å². The zero-order chi connectivity index (χ0) is 11.5. The van der Waals surface area contributed by atoms with Gasteiger partial charge < -0.3 is 16.2 Å². The second-order valence-corrected chi connectivity index (χ2v) is 4.16. The molecule has 16 heavy (non-hydrogen) atoms. The third kappa shape index (κ3) is 2.00. The van der Waals surface area contributed by atoms with E-state index in [1.165, 1.54) is 0 Å². The summed E-state index contributed by atoms with van der Waals surface area (Å²) in [7, 11) is 1.60. The van der Waals surface area contributed by atoms with E-state index in [0.29, 0.717) is 18.0 Å². The molecule has 4 N–H and O–H groups in total. The second-order valence-electron chi connectivity index (χ2n) is 3.30. The van der Waals surface area contributed by atoms with Gasteiger partial charge >= 0.3 is 0 Å². The van der Waals surface area contributed by atoms with Gasteiger partial charge in [0, 0.05) is 17.5 Å². The van der Waals surface area contributed by atoms with Crippen LogP contribution < -0.4 is 16.2 Å². The van der Waals surface area contributed by atoms with Crippen LogP contribution in [0, 0.1) is 0 Å². The lowest BCUT2D eigenvalue weighted by Gasteiger charge is -2.05. The van der Waals surface area contributed by atoms with Gasteiger partial charge in [0.05, 0.1) is 18.5 Å². The molecule has 0 aliphatic heterocycles. The molecule has 1 aromatic carbocycles. The quantitative estimate of drug-likeness (QED) is 0.796. The highest BCUT2D eigenvalue weighted by Crippen LogP contribution is 2.30. The van der Waals surface area contributed by atoms with Crippen molar-refractivity contribution in [1.82, 2.24) is 4.98 Å². The van der Waals surface area contributed by atoms with E-state index in [2.05, 4.69) is 4.98 Å². The van der Waals surface area contributed by atoms with E-state index in [1.54, 1.807) is 18.4 Å². The second kappa shape index (κ2) is 4.51. The fourth-order valence-corrected chi connectivity index (χ4v) is 2.21. The normalized spacial score (nSPS) is 10.4. The Morgan fingerprint density at radius 2 is 2.25 bits per heavy atom. The van der Waals surface area contributed by atoms with Gasteiger partial charge in [-0.3, -0.25) is 0 Å². The standard InChI is InChI=1S/C11H13N3OS/c1-15-10-4-7(2-3-9(10)13)11-14-8(5-12)6-16-11/h2-4,6H,5,12-13H2,1H3. The van der Waals surface area contributed by atoms with Crippen molar-refractivity contribution in [3.63, 3.8) is 0 Å². The Labute approximate surface area is 97.9 Å². The van der Waals surface area contributed by atoms with Crippen LogP contribution in [0.3, 0.4) is 0 Å². The van der Waals surface area contributed by atoms with E-state index in [1.807, 2.05) is 23.6 Å². The summed E-state index contributed by atoms with van der Waals surface area (Å²) in [6.45, 7) is 0.461. The van der Waals surface area contributed by atoms with Crippen LogP contribution >= 0.6 is 11.3 Å². The van der Waals surface area contributed by atoms with Crippen molar-refractivity contribution in [1.29, 1.82) is 0 Å². The molecule has 0 fully saturated rings. The Bertz CT molecular complexity index is 496. The van der Waals surface area contributed by atoms with Crippen LogP contribution in [0.5, 0.6) is 5.75 Å². The van der Waals surface area contributed by atoms with Crippen LogP contribution in [0.15, 0.2) is 23.6 Å². The Morgan fingerprint density at radius 1 is 1.44 bits per heavy atom. The van der Waals surface area contributed by atoms with Crippen LogP contribution in [-0.2, 0) is 6.54 Å². The monoisotopic (exact) mass is 235 g/mol. The molecule has 0 atom stereocenters. The highest BCUT2D eigenvalue weighted by molar-refractivity contribution is 7.13. The molecule has 0 aliphatic rings. The smallest absolute Gasteiger partial charge is 0.142 e. The molecule has 2 aromatic rings. The number of ether oxygens (including phenoxy) is 1. The van der Waals surface area contributed by atoms with Gasteiger partial charge in [0.25, 0.3) is 0 Å². The first-order valence-corrected chi connectivity index (χ1v) is 5.71. The maximum absolute atomic E-state index is 5.75. The molecule has 1 aromatic heterocycles. The van der Waals surface area contributed by atoms with Crippen molar-refractivity contribution in [3.05, 3.63) is 29.3 Å². The number of hydrogen-bond donors (Lipinski definition) is 2. The van der Waals surface area contributed by atoms with E-state index in [0.717, 1.165) is 16.3 Å². The Balaban J connectivity index is 2.40. The summed E-state index contributed by atoms with van der Waals surface area (Å²) >= 11 is 1.56. The van der Waals surface area contributed by atoms with Crippen molar-refractivity contribution in [3.8, 4) is 16.3 Å². The predicted octanol–water partition coefficient (Wildman–Crippen LogP) is 1.86. The van der Waals surface area contributed by atoms with E-state index in [9.17, 15) is 0 Å². The summed E-state index contributed by atoms with van der Waals surface area (Å²) < 4.78 is 5.17. The largest absolute Gasteiger partial charge is 0.495 e. The topological polar surface area (TPSA) is 74.2 Å². The lowest BCUT2D eigenvalue weighted by molar-refractivity contribution is 0.417. The number of nitrogen functional groups attached to an aromatic ring is 1. The van der Waals surface area contributed by atoms with E-state index in [-0.39, 0.29) is 0 Å². The molecule has 0 bridgehead atoms. The van der Waals surface area contributed by atoms with Gasteiger partial charge in [-0.2, -0.15) is 0 Å². The van der Waals surface area contributed by atoms with Crippen LogP contribution in [0.4, 0.5) is 5.69 Å². The minimum atomic E-state index is 0.461. The minimum Gasteiger partial charge on any atom is -0.495 e. The first kappa shape index (κ1) is 10.9. The SMILES string of the molecule is COc1cc(-c2nc(CN)cs2)ccc1N. The molecule has 5 heteroatoms. The maximum Gasteiger partial charge on any atom is 0.142 e. The number of benzene rings is 1. The summed E-state index contributed by atoms with van der Waals surface area (Å²) in [6.07, 6.45) is 0. The van der Waals surface area contributed by atoms with E-state index in [4.69, 9.17) is 16.2 Å². The van der Waals surface area contributed by atoms with E-state index < -0.39 is 0 Å². The van der Waals surface area contributed by atoms with Crippen LogP contribution in [0.25, 0.3) is 10.6 Å². The van der Waals surface area contributed by atoms with Gasteiger partial charge in [-0.1, -0.05) is 0 Å². The number of nitrogens with zero attached hydrogens (tertiary/aromatic N) is 1. The van der Waals surface area contributed by atoms with Crippen molar-refractivity contribution in [2.45, 2.75) is 6.54 Å². The molecule has 0 saturated heterocycles. The number of anilines is 1. The van der Waals surface area contributed by atoms with Crippen LogP contribution in [-0.4, -0.2) is 12.1 Å². The zero-order valence-electron chi connectivity index (χ0n) is 8.93. The average molecular weight is 235 g/mol. The molecule has 0 unspecified atom stereocenters. The fraction of sp³-hybridized carbons (Fsp3) is 0.182. The molecule has 1 heterocycles. The highest BCUT2D eigenvalue weighted by Gasteiger charge is 2.06. The zero-order valence-corrected chi connectivity index (χ0v) is 9.75. The summed E-state index contributed by atoms with van der Waals surface area (Å²) in [5.41, 5.74) is 13.8. The molecule has 4 nitrogen and oxygen atoms in total. The number of hydrogen-bond acceptors (Lipinski definition) is 5. The molecule has 0 spiro atoms. The van der Waals surface area contributed by atoms with Crippen molar-refractivity contribution < 1.29 is 4.74 Å². The van der Waals surface area contributed by atoms with Crippen molar-refractivity contribution in [2.24, 2.45) is 5.73 Å². The van der Waals surface area contributed by atoms with Crippen molar-refractivity contribution >= 4 is 17.0 Å². The van der Waals surface area contributed by atoms with Crippen molar-refractivity contribution in [2.75, 3.05) is 12.8 Å². The fourth-order valence-electron chi connectivity index (χ4n) is 1.38. The number of aromatic nitrogens is 1. The number of methoxy groups -OCH3 is 1. The molecule has 84 valence electrons.